The van der Waals surface area contributed by atoms with E-state index in [4.69, 9.17) is 11.6 Å². The molecule has 0 aromatic heterocycles. The largest absolute Gasteiger partial charge is 0.324 e. The number of fused-ring (bicyclic) bond motifs is 1. The van der Waals surface area contributed by atoms with Crippen molar-refractivity contribution in [3.63, 3.8) is 0 Å². The highest BCUT2D eigenvalue weighted by molar-refractivity contribution is 6.30. The number of urea groups is 1. The van der Waals surface area contributed by atoms with Crippen LogP contribution in [0.3, 0.4) is 0 Å². The Morgan fingerprint density at radius 1 is 1.00 bits per heavy atom. The summed E-state index contributed by atoms with van der Waals surface area (Å²) in [6, 6.07) is 14.1. The number of nitrogens with one attached hydrogen (secondary N) is 1. The lowest BCUT2D eigenvalue weighted by atomic mass is 10.0. The average Bonchev–Trinajstić information content (AvgIpc) is 2.55. The third-order valence-corrected chi connectivity index (χ3v) is 4.00. The number of imide groups is 1. The number of hydrogen-bond acceptors (Lipinski definition) is 2. The molecule has 1 N–H and O–H groups in total. The Morgan fingerprint density at radius 2 is 1.68 bits per heavy atom. The lowest BCUT2D eigenvalue weighted by molar-refractivity contribution is 0.0950. The van der Waals surface area contributed by atoms with Crippen LogP contribution >= 0.6 is 11.6 Å². The second kappa shape index (κ2) is 6.20. The van der Waals surface area contributed by atoms with Gasteiger partial charge in [-0.3, -0.25) is 10.1 Å². The number of amides is 3. The van der Waals surface area contributed by atoms with Gasteiger partial charge < -0.3 is 4.90 Å². The molecule has 1 aliphatic rings. The monoisotopic (exact) mass is 314 g/mol. The van der Waals surface area contributed by atoms with Gasteiger partial charge in [-0.2, -0.15) is 0 Å². The first-order valence-corrected chi connectivity index (χ1v) is 7.44. The SMILES string of the molecule is O=C(NC(=O)N1CCc2ccccc2C1)c1ccc(Cl)cc1. The molecule has 3 amide bonds. The fraction of sp³-hybridized carbons (Fsp3) is 0.176. The Kier molecular flexibility index (Phi) is 4.11. The van der Waals surface area contributed by atoms with Gasteiger partial charge in [-0.15, -0.1) is 0 Å². The van der Waals surface area contributed by atoms with E-state index >= 15 is 0 Å². The Hall–Kier alpha value is -2.33. The van der Waals surface area contributed by atoms with Gasteiger partial charge in [0, 0.05) is 23.7 Å². The first-order valence-electron chi connectivity index (χ1n) is 7.06. The molecule has 112 valence electrons. The summed E-state index contributed by atoms with van der Waals surface area (Å²) in [7, 11) is 0. The van der Waals surface area contributed by atoms with Crippen LogP contribution in [0.5, 0.6) is 0 Å². The van der Waals surface area contributed by atoms with Gasteiger partial charge >= 0.3 is 6.03 Å². The van der Waals surface area contributed by atoms with Crippen LogP contribution in [0, 0.1) is 0 Å². The van der Waals surface area contributed by atoms with Gasteiger partial charge in [0.25, 0.3) is 5.91 Å². The molecule has 1 heterocycles. The van der Waals surface area contributed by atoms with Crippen molar-refractivity contribution in [1.29, 1.82) is 0 Å². The molecule has 5 heteroatoms. The molecule has 0 unspecified atom stereocenters. The van der Waals surface area contributed by atoms with Crippen molar-refractivity contribution < 1.29 is 9.59 Å². The minimum absolute atomic E-state index is 0.366. The highest BCUT2D eigenvalue weighted by Gasteiger charge is 2.22. The van der Waals surface area contributed by atoms with Gasteiger partial charge in [0.15, 0.2) is 0 Å². The van der Waals surface area contributed by atoms with Crippen LogP contribution in [0.4, 0.5) is 4.79 Å². The van der Waals surface area contributed by atoms with Crippen molar-refractivity contribution in [3.8, 4) is 0 Å². The molecule has 0 bridgehead atoms. The van der Waals surface area contributed by atoms with E-state index < -0.39 is 5.91 Å². The minimum atomic E-state index is -0.416. The van der Waals surface area contributed by atoms with Gasteiger partial charge in [-0.05, 0) is 41.8 Å². The minimum Gasteiger partial charge on any atom is -0.320 e. The lowest BCUT2D eigenvalue weighted by Gasteiger charge is -2.28. The second-order valence-corrected chi connectivity index (χ2v) is 5.64. The molecule has 1 aliphatic heterocycles. The average molecular weight is 315 g/mol. The first-order chi connectivity index (χ1) is 10.6. The van der Waals surface area contributed by atoms with Crippen LogP contribution in [0.25, 0.3) is 0 Å². The second-order valence-electron chi connectivity index (χ2n) is 5.21. The third kappa shape index (κ3) is 3.12. The summed E-state index contributed by atoms with van der Waals surface area (Å²) >= 11 is 5.78. The lowest BCUT2D eigenvalue weighted by Crippen LogP contribution is -2.45. The molecule has 2 aromatic rings. The Bertz CT molecular complexity index is 713. The highest BCUT2D eigenvalue weighted by Crippen LogP contribution is 2.18. The van der Waals surface area contributed by atoms with Crippen LogP contribution in [0.1, 0.15) is 21.5 Å². The molecule has 22 heavy (non-hydrogen) atoms. The maximum Gasteiger partial charge on any atom is 0.324 e. The third-order valence-electron chi connectivity index (χ3n) is 3.74. The topological polar surface area (TPSA) is 49.4 Å². The number of rotatable bonds is 1. The van der Waals surface area contributed by atoms with Crippen molar-refractivity contribution in [2.45, 2.75) is 13.0 Å². The number of carbonyl (C=O) groups is 2. The van der Waals surface area contributed by atoms with Crippen molar-refractivity contribution in [1.82, 2.24) is 10.2 Å². The summed E-state index contributed by atoms with van der Waals surface area (Å²) < 4.78 is 0. The van der Waals surface area contributed by atoms with Gasteiger partial charge in [0.2, 0.25) is 0 Å². The maximum atomic E-state index is 12.2. The standard InChI is InChI=1S/C17H15ClN2O2/c18-15-7-5-13(6-8-15)16(21)19-17(22)20-10-9-12-3-1-2-4-14(12)11-20/h1-8H,9-11H2,(H,19,21,22). The predicted octanol–water partition coefficient (Wildman–Crippen LogP) is 3.25. The number of carbonyl (C=O) groups excluding carboxylic acids is 2. The van der Waals surface area contributed by atoms with Crippen LogP contribution in [-0.2, 0) is 13.0 Å². The Morgan fingerprint density at radius 3 is 2.41 bits per heavy atom. The zero-order valence-corrected chi connectivity index (χ0v) is 12.6. The Balaban J connectivity index is 1.65. The molecule has 0 saturated heterocycles. The van der Waals surface area contributed by atoms with Crippen molar-refractivity contribution in [3.05, 3.63) is 70.2 Å². The molecular weight excluding hydrogens is 300 g/mol. The van der Waals surface area contributed by atoms with Crippen LogP contribution in [0.2, 0.25) is 5.02 Å². The number of nitrogens with zero attached hydrogens (tertiary/aromatic N) is 1. The van der Waals surface area contributed by atoms with Gasteiger partial charge in [-0.25, -0.2) is 4.79 Å². The van der Waals surface area contributed by atoms with Crippen molar-refractivity contribution in [2.24, 2.45) is 0 Å². The molecule has 0 aliphatic carbocycles. The molecule has 0 saturated carbocycles. The quantitative estimate of drug-likeness (QED) is 0.878. The Labute approximate surface area is 133 Å². The smallest absolute Gasteiger partial charge is 0.320 e. The van der Waals surface area contributed by atoms with Crippen LogP contribution < -0.4 is 5.32 Å². The maximum absolute atomic E-state index is 12.2. The van der Waals surface area contributed by atoms with E-state index in [1.807, 2.05) is 18.2 Å². The van der Waals surface area contributed by atoms with E-state index in [0.717, 1.165) is 12.0 Å². The molecule has 3 rings (SSSR count). The van der Waals surface area contributed by atoms with E-state index in [2.05, 4.69) is 11.4 Å². The fourth-order valence-corrected chi connectivity index (χ4v) is 2.64. The molecule has 2 aromatic carbocycles. The summed E-state index contributed by atoms with van der Waals surface area (Å²) in [5.74, 6) is -0.416. The molecule has 0 spiro atoms. The van der Waals surface area contributed by atoms with Crippen molar-refractivity contribution in [2.75, 3.05) is 6.54 Å². The van der Waals surface area contributed by atoms with Crippen molar-refractivity contribution >= 4 is 23.5 Å². The van der Waals surface area contributed by atoms with Crippen LogP contribution in [-0.4, -0.2) is 23.4 Å². The van der Waals surface area contributed by atoms with E-state index in [1.54, 1.807) is 29.2 Å². The van der Waals surface area contributed by atoms with Crippen LogP contribution in [0.15, 0.2) is 48.5 Å². The van der Waals surface area contributed by atoms with E-state index in [-0.39, 0.29) is 6.03 Å². The normalized spacial score (nSPS) is 13.4. The summed E-state index contributed by atoms with van der Waals surface area (Å²) in [4.78, 5) is 25.9. The first kappa shape index (κ1) is 14.6. The summed E-state index contributed by atoms with van der Waals surface area (Å²) in [6.07, 6.45) is 0.804. The number of halogens is 1. The fourth-order valence-electron chi connectivity index (χ4n) is 2.52. The summed E-state index contributed by atoms with van der Waals surface area (Å²) in [5.41, 5.74) is 2.80. The van der Waals surface area contributed by atoms with Gasteiger partial charge in [-0.1, -0.05) is 35.9 Å². The number of hydrogen-bond donors (Lipinski definition) is 1. The van der Waals surface area contributed by atoms with E-state index in [0.29, 0.717) is 23.7 Å². The molecular formula is C17H15ClN2O2. The highest BCUT2D eigenvalue weighted by atomic mass is 35.5. The van der Waals surface area contributed by atoms with Gasteiger partial charge in [0.05, 0.1) is 0 Å². The zero-order valence-electron chi connectivity index (χ0n) is 11.9. The molecule has 0 atom stereocenters. The number of benzene rings is 2. The predicted molar refractivity (Wildman–Crippen MR) is 84.9 cm³/mol. The van der Waals surface area contributed by atoms with Gasteiger partial charge in [0.1, 0.15) is 0 Å². The summed E-state index contributed by atoms with van der Waals surface area (Å²) in [6.45, 7) is 1.13. The van der Waals surface area contributed by atoms with E-state index in [9.17, 15) is 9.59 Å². The molecule has 0 fully saturated rings. The van der Waals surface area contributed by atoms with E-state index in [1.165, 1.54) is 5.56 Å². The zero-order chi connectivity index (χ0) is 15.5. The molecule has 4 nitrogen and oxygen atoms in total. The molecule has 0 radical (unpaired) electrons. The summed E-state index contributed by atoms with van der Waals surface area (Å²) in [5, 5.41) is 2.97.